The first-order valence-electron chi connectivity index (χ1n) is 10.7. The number of aromatic nitrogens is 3. The van der Waals surface area contributed by atoms with Gasteiger partial charge in [-0.2, -0.15) is 0 Å². The van der Waals surface area contributed by atoms with E-state index in [0.29, 0.717) is 34.4 Å². The molecule has 0 saturated carbocycles. The van der Waals surface area contributed by atoms with Crippen LogP contribution in [0.4, 0.5) is 15.8 Å². The quantitative estimate of drug-likeness (QED) is 0.387. The van der Waals surface area contributed by atoms with Gasteiger partial charge in [0, 0.05) is 81.1 Å². The molecule has 0 amide bonds. The summed E-state index contributed by atoms with van der Waals surface area (Å²) in [6.07, 6.45) is 5.05. The molecule has 10 heteroatoms. The first-order valence-corrected chi connectivity index (χ1v) is 11.1. The Balaban J connectivity index is 1.82. The van der Waals surface area contributed by atoms with Gasteiger partial charge in [0.2, 0.25) is 5.43 Å². The first kappa shape index (κ1) is 22.8. The van der Waals surface area contributed by atoms with Gasteiger partial charge in [0.05, 0.1) is 21.8 Å². The Kier molecular flexibility index (Phi) is 5.25. The van der Waals surface area contributed by atoms with E-state index in [1.54, 1.807) is 32.6 Å². The van der Waals surface area contributed by atoms with E-state index in [9.17, 15) is 19.1 Å². The van der Waals surface area contributed by atoms with Gasteiger partial charge < -0.3 is 19.9 Å². The molecule has 5 rings (SSSR count). The van der Waals surface area contributed by atoms with Gasteiger partial charge in [-0.15, -0.1) is 0 Å². The van der Waals surface area contributed by atoms with Gasteiger partial charge in [0.1, 0.15) is 17.0 Å². The zero-order chi connectivity index (χ0) is 25.2. The van der Waals surface area contributed by atoms with Crippen molar-refractivity contribution in [3.8, 4) is 22.3 Å². The highest BCUT2D eigenvalue weighted by Gasteiger charge is 2.32. The van der Waals surface area contributed by atoms with Crippen LogP contribution < -0.4 is 15.6 Å². The Bertz CT molecular complexity index is 1630. The lowest BCUT2D eigenvalue weighted by atomic mass is 9.97. The highest BCUT2D eigenvalue weighted by Crippen LogP contribution is 2.51. The number of pyridine rings is 3. The molecule has 2 N–H and O–H groups in total. The minimum Gasteiger partial charge on any atom is -0.477 e. The molecule has 0 aliphatic heterocycles. The van der Waals surface area contributed by atoms with Crippen LogP contribution in [0.15, 0.2) is 35.5 Å². The Morgan fingerprint density at radius 2 is 1.97 bits per heavy atom. The Hall–Kier alpha value is -3.98. The van der Waals surface area contributed by atoms with E-state index in [-0.39, 0.29) is 16.0 Å². The number of halogens is 2. The molecule has 0 saturated heterocycles. The van der Waals surface area contributed by atoms with Crippen molar-refractivity contribution in [2.45, 2.75) is 6.42 Å². The number of nitrogens with one attached hydrogen (secondary N) is 1. The summed E-state index contributed by atoms with van der Waals surface area (Å²) in [6, 6.07) is 3.00. The van der Waals surface area contributed by atoms with Crippen molar-refractivity contribution < 1.29 is 14.3 Å². The average molecular weight is 494 g/mol. The topological polar surface area (TPSA) is 100 Å². The minimum atomic E-state index is -1.31. The molecule has 0 unspecified atom stereocenters. The summed E-state index contributed by atoms with van der Waals surface area (Å²) >= 11 is 6.47. The molecular formula is C25H21ClFN5O3. The maximum absolute atomic E-state index is 14.7. The van der Waals surface area contributed by atoms with Crippen LogP contribution >= 0.6 is 11.6 Å². The fraction of sp³-hybridized carbons (Fsp3) is 0.200. The molecule has 3 heterocycles. The van der Waals surface area contributed by atoms with Crippen molar-refractivity contribution in [1.82, 2.24) is 14.5 Å². The molecule has 0 radical (unpaired) electrons. The molecule has 178 valence electrons. The normalized spacial score (nSPS) is 11.9. The number of anilines is 2. The van der Waals surface area contributed by atoms with Gasteiger partial charge in [-0.1, -0.05) is 11.6 Å². The third kappa shape index (κ3) is 3.34. The number of aromatic carboxylic acids is 1. The van der Waals surface area contributed by atoms with E-state index in [2.05, 4.69) is 15.3 Å². The molecule has 8 nitrogen and oxygen atoms in total. The minimum absolute atomic E-state index is 0.0244. The van der Waals surface area contributed by atoms with E-state index in [1.165, 1.54) is 16.8 Å². The Morgan fingerprint density at radius 1 is 1.23 bits per heavy atom. The fourth-order valence-corrected chi connectivity index (χ4v) is 5.04. The molecule has 1 aromatic carbocycles. The van der Waals surface area contributed by atoms with Gasteiger partial charge in [-0.25, -0.2) is 14.2 Å². The highest BCUT2D eigenvalue weighted by atomic mass is 35.5. The van der Waals surface area contributed by atoms with Gasteiger partial charge in [0.25, 0.3) is 0 Å². The average Bonchev–Trinajstić information content (AvgIpc) is 3.22. The monoisotopic (exact) mass is 493 g/mol. The molecule has 35 heavy (non-hydrogen) atoms. The highest BCUT2D eigenvalue weighted by molar-refractivity contribution is 6.34. The predicted molar refractivity (Wildman–Crippen MR) is 134 cm³/mol. The van der Waals surface area contributed by atoms with Crippen molar-refractivity contribution in [2.75, 3.05) is 31.4 Å². The number of carbonyl (C=O) groups is 1. The zero-order valence-corrected chi connectivity index (χ0v) is 20.2. The second-order valence-electron chi connectivity index (χ2n) is 8.62. The number of rotatable bonds is 4. The van der Waals surface area contributed by atoms with Crippen LogP contribution in [0.3, 0.4) is 0 Å². The summed E-state index contributed by atoms with van der Waals surface area (Å²) in [5, 5.41) is 12.7. The summed E-state index contributed by atoms with van der Waals surface area (Å²) in [5.41, 5.74) is 4.95. The number of carboxylic acid groups (broad SMARTS) is 1. The molecule has 0 atom stereocenters. The number of nitrogens with zero attached hydrogens (tertiary/aromatic N) is 4. The lowest BCUT2D eigenvalue weighted by molar-refractivity contribution is 0.0695. The molecule has 1 aliphatic rings. The fourth-order valence-electron chi connectivity index (χ4n) is 4.77. The van der Waals surface area contributed by atoms with Crippen molar-refractivity contribution >= 4 is 40.0 Å². The summed E-state index contributed by atoms with van der Waals surface area (Å²) in [7, 11) is 7.08. The number of carboxylic acids is 1. The van der Waals surface area contributed by atoms with Crippen molar-refractivity contribution in [2.24, 2.45) is 7.05 Å². The van der Waals surface area contributed by atoms with Crippen LogP contribution in [-0.2, 0) is 13.5 Å². The molecule has 4 aromatic rings. The molecule has 0 fully saturated rings. The molecular weight excluding hydrogens is 473 g/mol. The first-order chi connectivity index (χ1) is 16.6. The van der Waals surface area contributed by atoms with Crippen LogP contribution in [0.25, 0.3) is 33.3 Å². The standard InChI is InChI=1S/C25H21ClFN5O3/c1-28-17-7-16(27)21(26)19-12(17)6-18-20(19)22(31(2)3)14(9-29-18)11-5-13-23(33)15(25(34)35)10-32(4)24(13)30-8-11/h5,7-10,28H,6H2,1-4H3,(H,34,35). The maximum atomic E-state index is 14.7. The second-order valence-corrected chi connectivity index (χ2v) is 9.00. The SMILES string of the molecule is CNc1cc(F)c(Cl)c2c1Cc1ncc(-c3cnc4c(c3)c(=O)c(C(=O)O)cn4C)c(N(C)C)c1-2. The summed E-state index contributed by atoms with van der Waals surface area (Å²) < 4.78 is 16.2. The smallest absolute Gasteiger partial charge is 0.341 e. The number of benzene rings is 1. The predicted octanol–water partition coefficient (Wildman–Crippen LogP) is 4.17. The number of hydrogen-bond acceptors (Lipinski definition) is 6. The van der Waals surface area contributed by atoms with Crippen LogP contribution in [-0.4, -0.2) is 46.8 Å². The van der Waals surface area contributed by atoms with Gasteiger partial charge in [-0.05, 0) is 17.7 Å². The third-order valence-corrected chi connectivity index (χ3v) is 6.69. The van der Waals surface area contributed by atoms with Gasteiger partial charge >= 0.3 is 5.97 Å². The summed E-state index contributed by atoms with van der Waals surface area (Å²) in [6.45, 7) is 0. The van der Waals surface area contributed by atoms with Crippen LogP contribution in [0, 0.1) is 5.82 Å². The molecule has 0 bridgehead atoms. The van der Waals surface area contributed by atoms with Crippen LogP contribution in [0.5, 0.6) is 0 Å². The van der Waals surface area contributed by atoms with Crippen molar-refractivity contribution in [1.29, 1.82) is 0 Å². The maximum Gasteiger partial charge on any atom is 0.341 e. The second kappa shape index (κ2) is 8.06. The van der Waals surface area contributed by atoms with Crippen molar-refractivity contribution in [3.05, 3.63) is 68.6 Å². The molecule has 1 aliphatic carbocycles. The Labute approximate surface area is 204 Å². The van der Waals surface area contributed by atoms with Gasteiger partial charge in [0.15, 0.2) is 0 Å². The Morgan fingerprint density at radius 3 is 2.63 bits per heavy atom. The number of fused-ring (bicyclic) bond motifs is 4. The number of hydrogen-bond donors (Lipinski definition) is 2. The third-order valence-electron chi connectivity index (χ3n) is 6.32. The lowest BCUT2D eigenvalue weighted by Crippen LogP contribution is -2.18. The van der Waals surface area contributed by atoms with Crippen LogP contribution in [0.1, 0.15) is 21.6 Å². The van der Waals surface area contributed by atoms with E-state index in [1.807, 2.05) is 19.0 Å². The van der Waals surface area contributed by atoms with E-state index >= 15 is 0 Å². The zero-order valence-electron chi connectivity index (χ0n) is 19.4. The van der Waals surface area contributed by atoms with E-state index < -0.39 is 17.2 Å². The van der Waals surface area contributed by atoms with Gasteiger partial charge in [-0.3, -0.25) is 9.78 Å². The van der Waals surface area contributed by atoms with Crippen LogP contribution in [0.2, 0.25) is 5.02 Å². The lowest BCUT2D eigenvalue weighted by Gasteiger charge is -2.22. The van der Waals surface area contributed by atoms with Crippen molar-refractivity contribution in [3.63, 3.8) is 0 Å². The van der Waals surface area contributed by atoms with E-state index in [0.717, 1.165) is 22.5 Å². The number of aryl methyl sites for hydroxylation is 1. The molecule has 0 spiro atoms. The molecule has 3 aromatic heterocycles. The summed E-state index contributed by atoms with van der Waals surface area (Å²) in [5.74, 6) is -1.84. The van der Waals surface area contributed by atoms with E-state index in [4.69, 9.17) is 11.6 Å². The summed E-state index contributed by atoms with van der Waals surface area (Å²) in [4.78, 5) is 35.5. The largest absolute Gasteiger partial charge is 0.477 e.